The van der Waals surface area contributed by atoms with E-state index in [0.717, 1.165) is 11.5 Å². The lowest BCUT2D eigenvalue weighted by molar-refractivity contribution is 0.530. The summed E-state index contributed by atoms with van der Waals surface area (Å²) in [7, 11) is -1.67. The minimum absolute atomic E-state index is 0.701. The van der Waals surface area contributed by atoms with Crippen LogP contribution in [-0.2, 0) is 0 Å². The summed E-state index contributed by atoms with van der Waals surface area (Å²) in [6.07, 6.45) is 2.43. The van der Waals surface area contributed by atoms with Gasteiger partial charge in [0.2, 0.25) is 8.32 Å². The van der Waals surface area contributed by atoms with E-state index >= 15 is 0 Å². The fourth-order valence-corrected chi connectivity index (χ4v) is 5.47. The van der Waals surface area contributed by atoms with Gasteiger partial charge >= 0.3 is 5.81 Å². The molecule has 0 aliphatic rings. The number of hydrogen-bond donors (Lipinski definition) is 1. The zero-order chi connectivity index (χ0) is 15.4. The molecule has 114 valence electrons. The number of hydrogen-bond acceptors (Lipinski definition) is 3. The van der Waals surface area contributed by atoms with Gasteiger partial charge in [0.1, 0.15) is 11.5 Å². The molecular formula is C14H26INO2Si2. The van der Waals surface area contributed by atoms with Gasteiger partial charge < -0.3 is 14.6 Å². The summed E-state index contributed by atoms with van der Waals surface area (Å²) in [5.41, 5.74) is 6.67. The van der Waals surface area contributed by atoms with Crippen LogP contribution in [0.5, 0.6) is 11.5 Å². The van der Waals surface area contributed by atoms with E-state index in [4.69, 9.17) is 14.6 Å². The highest BCUT2D eigenvalue weighted by molar-refractivity contribution is 14.1. The minimum atomic E-state index is -1.67. The Hall–Kier alpha value is -0.216. The van der Waals surface area contributed by atoms with Gasteiger partial charge in [0.05, 0.1) is 0 Å². The molecule has 0 amide bonds. The molecule has 1 aromatic rings. The second-order valence-electron chi connectivity index (χ2n) is 6.17. The Labute approximate surface area is 137 Å². The number of nitrogens with two attached hydrogens (primary N) is 1. The molecule has 0 aliphatic carbocycles. The van der Waals surface area contributed by atoms with Crippen molar-refractivity contribution in [3.8, 4) is 11.5 Å². The van der Waals surface area contributed by atoms with Crippen molar-refractivity contribution in [2.24, 2.45) is 0 Å². The molecule has 0 aromatic heterocycles. The van der Waals surface area contributed by atoms with Gasteiger partial charge in [-0.15, -0.1) is 0 Å². The third-order valence-electron chi connectivity index (χ3n) is 2.79. The van der Waals surface area contributed by atoms with Crippen molar-refractivity contribution in [2.75, 3.05) is 5.73 Å². The quantitative estimate of drug-likeness (QED) is 0.285. The number of rotatable bonds is 7. The predicted molar refractivity (Wildman–Crippen MR) is 101 cm³/mol. The number of unbranched alkanes of at least 4 members (excludes halogenated alkanes) is 1. The Morgan fingerprint density at radius 2 is 1.60 bits per heavy atom. The smallest absolute Gasteiger partial charge is 0.310 e. The van der Waals surface area contributed by atoms with Crippen LogP contribution in [0.4, 0.5) is 5.69 Å². The van der Waals surface area contributed by atoms with Crippen LogP contribution in [0.25, 0.3) is 0 Å². The zero-order valence-corrected chi connectivity index (χ0v) is 17.3. The molecule has 0 saturated carbocycles. The van der Waals surface area contributed by atoms with Crippen molar-refractivity contribution in [3.05, 3.63) is 18.2 Å². The van der Waals surface area contributed by atoms with Crippen LogP contribution < -0.4 is 14.6 Å². The van der Waals surface area contributed by atoms with Gasteiger partial charge in [-0.05, 0) is 32.2 Å². The Balaban J connectivity index is 2.85. The van der Waals surface area contributed by atoms with E-state index in [1.54, 1.807) is 0 Å². The molecule has 0 unspecified atom stereocenters. The molecule has 6 heteroatoms. The fraction of sp³-hybridized carbons (Fsp3) is 0.571. The van der Waals surface area contributed by atoms with E-state index in [9.17, 15) is 0 Å². The molecule has 1 rings (SSSR count). The first-order valence-electron chi connectivity index (χ1n) is 7.09. The number of benzene rings is 1. The predicted octanol–water partition coefficient (Wildman–Crippen LogP) is 5.17. The Morgan fingerprint density at radius 3 is 2.10 bits per heavy atom. The Kier molecular flexibility index (Phi) is 6.39. The van der Waals surface area contributed by atoms with Crippen molar-refractivity contribution < 1.29 is 8.85 Å². The monoisotopic (exact) mass is 423 g/mol. The number of nitrogen functional groups attached to an aromatic ring is 1. The lowest BCUT2D eigenvalue weighted by atomic mass is 10.3. The molecular weight excluding hydrogens is 397 g/mol. The SMILES string of the molecule is CCCC[Si](C)(C)Oc1cc(N)cc(O[Si](C)(C)I)c1. The van der Waals surface area contributed by atoms with Crippen LogP contribution >= 0.6 is 21.8 Å². The lowest BCUT2D eigenvalue weighted by Crippen LogP contribution is -2.33. The highest BCUT2D eigenvalue weighted by Crippen LogP contribution is 2.30. The van der Waals surface area contributed by atoms with E-state index < -0.39 is 14.1 Å². The Morgan fingerprint density at radius 1 is 1.05 bits per heavy atom. The summed E-state index contributed by atoms with van der Waals surface area (Å²) >= 11 is 2.39. The van der Waals surface area contributed by atoms with Crippen LogP contribution in [0.2, 0.25) is 32.2 Å². The van der Waals surface area contributed by atoms with Crippen molar-refractivity contribution in [2.45, 2.75) is 52.0 Å². The molecule has 3 nitrogen and oxygen atoms in total. The van der Waals surface area contributed by atoms with Gasteiger partial charge in [0, 0.05) is 23.9 Å². The standard InChI is InChI=1S/C14H26INO2Si2/c1-6-7-8-19(2,3)17-13-9-12(16)10-14(11-13)18-20(4,5)15/h9-11H,6-8,16H2,1-5H3. The topological polar surface area (TPSA) is 44.5 Å². The molecule has 20 heavy (non-hydrogen) atoms. The molecule has 0 radical (unpaired) electrons. The average molecular weight is 423 g/mol. The minimum Gasteiger partial charge on any atom is -0.544 e. The maximum absolute atomic E-state index is 6.23. The molecule has 0 fully saturated rings. The highest BCUT2D eigenvalue weighted by Gasteiger charge is 2.25. The van der Waals surface area contributed by atoms with Gasteiger partial charge in [-0.2, -0.15) is 0 Å². The normalized spacial score (nSPS) is 12.3. The third-order valence-corrected chi connectivity index (χ3v) is 6.52. The molecule has 0 atom stereocenters. The van der Waals surface area contributed by atoms with Gasteiger partial charge in [-0.3, -0.25) is 0 Å². The van der Waals surface area contributed by atoms with Gasteiger partial charge in [-0.25, -0.2) is 0 Å². The van der Waals surface area contributed by atoms with E-state index in [-0.39, 0.29) is 0 Å². The molecule has 0 saturated heterocycles. The van der Waals surface area contributed by atoms with E-state index in [0.29, 0.717) is 5.69 Å². The largest absolute Gasteiger partial charge is 0.544 e. The van der Waals surface area contributed by atoms with Crippen molar-refractivity contribution in [3.63, 3.8) is 0 Å². The molecule has 0 bridgehead atoms. The molecule has 0 heterocycles. The van der Waals surface area contributed by atoms with E-state index in [2.05, 4.69) is 54.9 Å². The zero-order valence-electron chi connectivity index (χ0n) is 13.1. The van der Waals surface area contributed by atoms with E-state index in [1.807, 2.05) is 18.2 Å². The van der Waals surface area contributed by atoms with Crippen LogP contribution in [0.15, 0.2) is 18.2 Å². The van der Waals surface area contributed by atoms with E-state index in [1.165, 1.54) is 18.9 Å². The summed E-state index contributed by atoms with van der Waals surface area (Å²) in [4.78, 5) is 0. The Bertz CT molecular complexity index is 447. The van der Waals surface area contributed by atoms with Crippen LogP contribution in [0, 0.1) is 0 Å². The van der Waals surface area contributed by atoms with Crippen LogP contribution in [-0.4, -0.2) is 14.1 Å². The lowest BCUT2D eigenvalue weighted by Gasteiger charge is -2.25. The van der Waals surface area contributed by atoms with Gasteiger partial charge in [0.25, 0.3) is 0 Å². The van der Waals surface area contributed by atoms with Gasteiger partial charge in [0.15, 0.2) is 0 Å². The van der Waals surface area contributed by atoms with Gasteiger partial charge in [-0.1, -0.05) is 41.6 Å². The molecule has 2 N–H and O–H groups in total. The maximum Gasteiger partial charge on any atom is 0.310 e. The molecule has 1 aromatic carbocycles. The van der Waals surface area contributed by atoms with Crippen LogP contribution in [0.3, 0.4) is 0 Å². The average Bonchev–Trinajstić information content (AvgIpc) is 2.22. The van der Waals surface area contributed by atoms with Crippen molar-refractivity contribution in [1.82, 2.24) is 0 Å². The fourth-order valence-electron chi connectivity index (χ4n) is 1.96. The summed E-state index contributed by atoms with van der Waals surface area (Å²) in [6.45, 7) is 11.0. The first-order valence-corrected chi connectivity index (χ1v) is 16.2. The summed E-state index contributed by atoms with van der Waals surface area (Å²) in [5, 5.41) is 0. The van der Waals surface area contributed by atoms with Crippen LogP contribution in [0.1, 0.15) is 19.8 Å². The second kappa shape index (κ2) is 7.17. The van der Waals surface area contributed by atoms with Crippen molar-refractivity contribution in [1.29, 1.82) is 0 Å². The molecule has 0 spiro atoms. The summed E-state index contributed by atoms with van der Waals surface area (Å²) < 4.78 is 12.2. The van der Waals surface area contributed by atoms with Crippen molar-refractivity contribution >= 4 is 41.6 Å². The number of anilines is 1. The first-order chi connectivity index (χ1) is 9.11. The second-order valence-corrected chi connectivity index (χ2v) is 21.1. The summed E-state index contributed by atoms with van der Waals surface area (Å²) in [6, 6.07) is 6.92. The first kappa shape index (κ1) is 17.8. The molecule has 0 aliphatic heterocycles. The highest BCUT2D eigenvalue weighted by atomic mass is 127. The number of halogens is 1. The maximum atomic E-state index is 6.23. The summed E-state index contributed by atoms with van der Waals surface area (Å²) in [5.74, 6) is 0.0215. The third kappa shape index (κ3) is 6.98.